The van der Waals surface area contributed by atoms with Crippen molar-refractivity contribution >= 4 is 35.6 Å². The monoisotopic (exact) mass is 514 g/mol. The second-order valence-electron chi connectivity index (χ2n) is 6.54. The van der Waals surface area contributed by atoms with Gasteiger partial charge >= 0.3 is 0 Å². The summed E-state index contributed by atoms with van der Waals surface area (Å²) >= 11 is 0. The molecule has 0 aliphatic heterocycles. The van der Waals surface area contributed by atoms with Crippen LogP contribution in [-0.4, -0.2) is 52.3 Å². The van der Waals surface area contributed by atoms with E-state index in [-0.39, 0.29) is 24.0 Å². The molecule has 2 rings (SSSR count). The zero-order valence-electron chi connectivity index (χ0n) is 17.5. The zero-order chi connectivity index (χ0) is 20.4. The van der Waals surface area contributed by atoms with Crippen molar-refractivity contribution in [2.75, 3.05) is 46.8 Å². The van der Waals surface area contributed by atoms with Gasteiger partial charge in [0.05, 0.1) is 33.1 Å². The van der Waals surface area contributed by atoms with Gasteiger partial charge in [-0.15, -0.1) is 24.0 Å². The molecule has 2 aromatic carbocycles. The maximum atomic E-state index is 6.02. The van der Waals surface area contributed by atoms with E-state index >= 15 is 0 Å². The van der Waals surface area contributed by atoms with Crippen LogP contribution >= 0.6 is 24.0 Å². The molecule has 0 aromatic heterocycles. The van der Waals surface area contributed by atoms with Crippen LogP contribution in [0.1, 0.15) is 12.0 Å². The molecular weight excluding hydrogens is 483 g/mol. The lowest BCUT2D eigenvalue weighted by Crippen LogP contribution is -2.23. The second kappa shape index (κ2) is 13.1. The van der Waals surface area contributed by atoms with Crippen LogP contribution in [-0.2, 0) is 6.54 Å². The van der Waals surface area contributed by atoms with E-state index in [1.54, 1.807) is 14.2 Å². The number of nitrogens with one attached hydrogen (secondary N) is 1. The molecule has 0 saturated heterocycles. The lowest BCUT2D eigenvalue weighted by molar-refractivity contribution is 0.281. The summed E-state index contributed by atoms with van der Waals surface area (Å²) in [6, 6.07) is 13.3. The minimum absolute atomic E-state index is 0. The fourth-order valence-corrected chi connectivity index (χ4v) is 2.53. The van der Waals surface area contributed by atoms with Gasteiger partial charge in [-0.2, -0.15) is 0 Å². The number of ether oxygens (including phenoxy) is 3. The third-order valence-electron chi connectivity index (χ3n) is 4.04. The zero-order valence-corrected chi connectivity index (χ0v) is 19.8. The highest BCUT2D eigenvalue weighted by Crippen LogP contribution is 2.28. The molecule has 0 aliphatic rings. The van der Waals surface area contributed by atoms with Crippen LogP contribution in [0.15, 0.2) is 47.5 Å². The SMILES string of the molecule is COc1ccc(OC)c(NC(N)=NCc2ccc(OCCCN(C)C)cc2)c1.I. The molecule has 0 saturated carbocycles. The van der Waals surface area contributed by atoms with E-state index in [0.717, 1.165) is 24.3 Å². The number of hydrogen-bond acceptors (Lipinski definition) is 5. The number of nitrogens with two attached hydrogens (primary N) is 1. The van der Waals surface area contributed by atoms with E-state index in [4.69, 9.17) is 19.9 Å². The average Bonchev–Trinajstić information content (AvgIpc) is 2.70. The molecule has 7 nitrogen and oxygen atoms in total. The van der Waals surface area contributed by atoms with Crippen LogP contribution in [0.25, 0.3) is 0 Å². The van der Waals surface area contributed by atoms with Crippen LogP contribution in [0.4, 0.5) is 5.69 Å². The topological polar surface area (TPSA) is 81.3 Å². The highest BCUT2D eigenvalue weighted by molar-refractivity contribution is 14.0. The molecule has 160 valence electrons. The van der Waals surface area contributed by atoms with Gasteiger partial charge < -0.3 is 30.2 Å². The Balaban J connectivity index is 0.00000420. The smallest absolute Gasteiger partial charge is 0.193 e. The predicted octanol–water partition coefficient (Wildman–Crippen LogP) is 3.58. The van der Waals surface area contributed by atoms with Gasteiger partial charge in [-0.3, -0.25) is 0 Å². The van der Waals surface area contributed by atoms with E-state index in [1.165, 1.54) is 0 Å². The van der Waals surface area contributed by atoms with Gasteiger partial charge in [-0.1, -0.05) is 12.1 Å². The third kappa shape index (κ3) is 8.78. The van der Waals surface area contributed by atoms with Crippen molar-refractivity contribution in [2.45, 2.75) is 13.0 Å². The van der Waals surface area contributed by atoms with Crippen molar-refractivity contribution in [3.05, 3.63) is 48.0 Å². The Morgan fingerprint density at radius 2 is 1.72 bits per heavy atom. The predicted molar refractivity (Wildman–Crippen MR) is 129 cm³/mol. The van der Waals surface area contributed by atoms with E-state index in [0.29, 0.717) is 36.3 Å². The first kappa shape index (κ1) is 24.8. The Bertz CT molecular complexity index is 767. The maximum Gasteiger partial charge on any atom is 0.193 e. The standard InChI is InChI=1S/C21H30N4O3.HI/c1-25(2)12-5-13-28-17-8-6-16(7-9-17)15-23-21(22)24-19-14-18(26-3)10-11-20(19)27-4;/h6-11,14H,5,12-13,15H2,1-4H3,(H3,22,23,24);1H. The lowest BCUT2D eigenvalue weighted by Gasteiger charge is -2.12. The number of guanidine groups is 1. The molecule has 0 radical (unpaired) electrons. The summed E-state index contributed by atoms with van der Waals surface area (Å²) in [5.74, 6) is 2.53. The Morgan fingerprint density at radius 1 is 1.03 bits per heavy atom. The van der Waals surface area contributed by atoms with Gasteiger partial charge in [0.2, 0.25) is 0 Å². The molecule has 29 heavy (non-hydrogen) atoms. The molecule has 8 heteroatoms. The molecule has 0 fully saturated rings. The van der Waals surface area contributed by atoms with Gasteiger partial charge in [-0.25, -0.2) is 4.99 Å². The minimum atomic E-state index is 0. The first-order chi connectivity index (χ1) is 13.5. The number of hydrogen-bond donors (Lipinski definition) is 2. The Kier molecular flexibility index (Phi) is 11.2. The molecule has 0 unspecified atom stereocenters. The summed E-state index contributed by atoms with van der Waals surface area (Å²) in [5, 5.41) is 3.06. The van der Waals surface area contributed by atoms with E-state index in [1.807, 2.05) is 42.5 Å². The summed E-state index contributed by atoms with van der Waals surface area (Å²) in [4.78, 5) is 6.53. The van der Waals surface area contributed by atoms with Crippen LogP contribution in [0.5, 0.6) is 17.2 Å². The Hall–Kier alpha value is -2.20. The molecule has 0 atom stereocenters. The van der Waals surface area contributed by atoms with Crippen LogP contribution in [0, 0.1) is 0 Å². The second-order valence-corrected chi connectivity index (χ2v) is 6.54. The number of aliphatic imine (C=N–C) groups is 1. The lowest BCUT2D eigenvalue weighted by atomic mass is 10.2. The minimum Gasteiger partial charge on any atom is -0.497 e. The number of rotatable bonds is 10. The number of anilines is 1. The molecule has 0 amide bonds. The van der Waals surface area contributed by atoms with Crippen LogP contribution in [0.2, 0.25) is 0 Å². The molecular formula is C21H31IN4O3. The van der Waals surface area contributed by atoms with Crippen molar-refractivity contribution in [2.24, 2.45) is 10.7 Å². The molecule has 0 heterocycles. The first-order valence-electron chi connectivity index (χ1n) is 9.17. The average molecular weight is 514 g/mol. The van der Waals surface area contributed by atoms with Crippen molar-refractivity contribution in [3.8, 4) is 17.2 Å². The number of benzene rings is 2. The number of halogens is 1. The van der Waals surface area contributed by atoms with Gasteiger partial charge in [0.1, 0.15) is 17.2 Å². The quantitative estimate of drug-likeness (QED) is 0.219. The number of methoxy groups -OCH3 is 2. The van der Waals surface area contributed by atoms with Gasteiger partial charge in [-0.05, 0) is 50.3 Å². The molecule has 0 aliphatic carbocycles. The molecule has 3 N–H and O–H groups in total. The van der Waals surface area contributed by atoms with Gasteiger partial charge in [0.25, 0.3) is 0 Å². The Labute approximate surface area is 190 Å². The fourth-order valence-electron chi connectivity index (χ4n) is 2.53. The summed E-state index contributed by atoms with van der Waals surface area (Å²) < 4.78 is 16.3. The number of nitrogens with zero attached hydrogens (tertiary/aromatic N) is 2. The Morgan fingerprint density at radius 3 is 2.34 bits per heavy atom. The van der Waals surface area contributed by atoms with Crippen molar-refractivity contribution in [1.29, 1.82) is 0 Å². The molecule has 2 aromatic rings. The van der Waals surface area contributed by atoms with Crippen molar-refractivity contribution in [3.63, 3.8) is 0 Å². The largest absolute Gasteiger partial charge is 0.497 e. The van der Waals surface area contributed by atoms with Crippen molar-refractivity contribution in [1.82, 2.24) is 4.90 Å². The fraction of sp³-hybridized carbons (Fsp3) is 0.381. The summed E-state index contributed by atoms with van der Waals surface area (Å²) in [6.45, 7) is 2.18. The highest BCUT2D eigenvalue weighted by atomic mass is 127. The van der Waals surface area contributed by atoms with E-state index in [9.17, 15) is 0 Å². The van der Waals surface area contributed by atoms with Crippen LogP contribution < -0.4 is 25.3 Å². The van der Waals surface area contributed by atoms with E-state index in [2.05, 4.69) is 29.3 Å². The normalized spacial score (nSPS) is 11.0. The summed E-state index contributed by atoms with van der Waals surface area (Å²) in [7, 11) is 7.32. The van der Waals surface area contributed by atoms with Crippen molar-refractivity contribution < 1.29 is 14.2 Å². The van der Waals surface area contributed by atoms with Gasteiger partial charge in [0, 0.05) is 12.6 Å². The first-order valence-corrected chi connectivity index (χ1v) is 9.17. The van der Waals surface area contributed by atoms with Crippen LogP contribution in [0.3, 0.4) is 0 Å². The van der Waals surface area contributed by atoms with E-state index < -0.39 is 0 Å². The maximum absolute atomic E-state index is 6.02. The molecule has 0 spiro atoms. The van der Waals surface area contributed by atoms with Gasteiger partial charge in [0.15, 0.2) is 5.96 Å². The third-order valence-corrected chi connectivity index (χ3v) is 4.04. The summed E-state index contributed by atoms with van der Waals surface area (Å²) in [6.07, 6.45) is 0.995. The summed E-state index contributed by atoms with van der Waals surface area (Å²) in [5.41, 5.74) is 7.76. The highest BCUT2D eigenvalue weighted by Gasteiger charge is 2.06. The molecule has 0 bridgehead atoms.